The molecule has 0 amide bonds. The Bertz CT molecular complexity index is 907. The van der Waals surface area contributed by atoms with Crippen LogP contribution >= 0.6 is 0 Å². The zero-order chi connectivity index (χ0) is 21.9. The molecule has 0 heterocycles. The van der Waals surface area contributed by atoms with Gasteiger partial charge in [-0.1, -0.05) is 73.8 Å². The quantitative estimate of drug-likeness (QED) is 0.298. The summed E-state index contributed by atoms with van der Waals surface area (Å²) < 4.78 is 1.76. The average molecular weight is 506 g/mol. The molecule has 154 valence electrons. The Morgan fingerprint density at radius 3 is 2.00 bits per heavy atom. The first-order valence-electron chi connectivity index (χ1n) is 11.0. The Kier molecular flexibility index (Phi) is 7.70. The second-order valence-corrected chi connectivity index (χ2v) is 22.3. The molecule has 3 aliphatic carbocycles. The van der Waals surface area contributed by atoms with Crippen LogP contribution in [-0.2, 0) is 30.7 Å². The van der Waals surface area contributed by atoms with Crippen molar-refractivity contribution < 1.29 is 24.2 Å². The monoisotopic (exact) mass is 504 g/mol. The molecule has 0 unspecified atom stereocenters. The summed E-state index contributed by atoms with van der Waals surface area (Å²) >= 11 is 1.66. The van der Waals surface area contributed by atoms with Crippen molar-refractivity contribution in [3.05, 3.63) is 71.8 Å². The standard InChI is InChI=1S/C19H25Si2.C5H5.C3H4.Zr/c1-20(2,3)16-7-9-18-14(12-16)11-15-13-17(21(4,5)6)8-10-19(15)18;1-2-4-5-3-1;1-2-3-1;/h7-10,12H,11H2,1-6H3;1-3H,4H2;1-2H2;/q2*-1;;+2. The third-order valence-electron chi connectivity index (χ3n) is 5.55. The van der Waals surface area contributed by atoms with Crippen LogP contribution in [0.4, 0.5) is 0 Å². The molecule has 0 N–H and O–H groups in total. The van der Waals surface area contributed by atoms with E-state index in [-0.39, 0.29) is 0 Å². The molecule has 5 rings (SSSR count). The van der Waals surface area contributed by atoms with E-state index in [1.165, 1.54) is 40.3 Å². The molecule has 1 fully saturated rings. The molecule has 0 spiro atoms. The van der Waals surface area contributed by atoms with E-state index < -0.39 is 16.1 Å². The molecule has 2 aromatic carbocycles. The van der Waals surface area contributed by atoms with Crippen molar-refractivity contribution in [2.45, 2.75) is 65.0 Å². The van der Waals surface area contributed by atoms with Crippen LogP contribution < -0.4 is 10.4 Å². The number of hydrogen-bond donors (Lipinski definition) is 0. The van der Waals surface area contributed by atoms with E-state index in [0.717, 1.165) is 12.8 Å². The van der Waals surface area contributed by atoms with Gasteiger partial charge in [0.25, 0.3) is 0 Å². The normalized spacial score (nSPS) is 15.7. The summed E-state index contributed by atoms with van der Waals surface area (Å²) in [6, 6.07) is 15.5. The zero-order valence-corrected chi connectivity index (χ0v) is 23.9. The predicted molar refractivity (Wildman–Crippen MR) is 135 cm³/mol. The van der Waals surface area contributed by atoms with Crippen LogP contribution in [0.5, 0.6) is 0 Å². The van der Waals surface area contributed by atoms with Crippen molar-refractivity contribution in [3.8, 4) is 11.1 Å². The molecule has 0 atom stereocenters. The van der Waals surface area contributed by atoms with Crippen LogP contribution in [0.15, 0.2) is 48.6 Å². The van der Waals surface area contributed by atoms with Gasteiger partial charge in [0, 0.05) is 0 Å². The van der Waals surface area contributed by atoms with Crippen molar-refractivity contribution in [1.82, 2.24) is 0 Å². The van der Waals surface area contributed by atoms with Gasteiger partial charge in [0.05, 0.1) is 16.1 Å². The molecule has 30 heavy (non-hydrogen) atoms. The molecule has 0 saturated heterocycles. The van der Waals surface area contributed by atoms with Gasteiger partial charge in [-0.25, -0.2) is 12.2 Å². The summed E-state index contributed by atoms with van der Waals surface area (Å²) in [6.07, 6.45) is 14.0. The molecule has 1 saturated carbocycles. The fraction of sp³-hybridized carbons (Fsp3) is 0.370. The van der Waals surface area contributed by atoms with Crippen molar-refractivity contribution in [3.63, 3.8) is 0 Å². The number of fused-ring (bicyclic) bond motifs is 3. The van der Waals surface area contributed by atoms with E-state index >= 15 is 0 Å². The van der Waals surface area contributed by atoms with Gasteiger partial charge in [0.1, 0.15) is 0 Å². The van der Waals surface area contributed by atoms with Gasteiger partial charge in [-0.05, 0) is 6.42 Å². The summed E-state index contributed by atoms with van der Waals surface area (Å²) in [5.41, 5.74) is 5.77. The second kappa shape index (κ2) is 9.71. The molecule has 0 radical (unpaired) electrons. The van der Waals surface area contributed by atoms with Crippen molar-refractivity contribution in [2.24, 2.45) is 0 Å². The first-order chi connectivity index (χ1) is 14.1. The third-order valence-corrected chi connectivity index (χ3v) is 10.7. The Balaban J connectivity index is 0.000000233. The molecular weight excluding hydrogens is 472 g/mol. The SMILES string of the molecule is C[Si](C)(C)c1[c-]c2c(cc1)-c1ccc([Si](C)(C)C)cc1C2.[C-]1=CC=CC1.[Zr+2]=[C]1CC1. The Labute approximate surface area is 200 Å². The number of benzene rings is 2. The van der Waals surface area contributed by atoms with Gasteiger partial charge < -0.3 is 0 Å². The van der Waals surface area contributed by atoms with Gasteiger partial charge in [-0.2, -0.15) is 35.0 Å². The van der Waals surface area contributed by atoms with Gasteiger partial charge in [0.2, 0.25) is 0 Å². The topological polar surface area (TPSA) is 0 Å². The van der Waals surface area contributed by atoms with Crippen LogP contribution in [-0.4, -0.2) is 19.4 Å². The molecule has 2 aromatic rings. The van der Waals surface area contributed by atoms with Crippen molar-refractivity contribution >= 4 is 29.7 Å². The zero-order valence-electron chi connectivity index (χ0n) is 19.4. The van der Waals surface area contributed by atoms with Crippen LogP contribution in [0.25, 0.3) is 11.1 Å². The van der Waals surface area contributed by atoms with Gasteiger partial charge in [-0.15, -0.1) is 12.0 Å². The summed E-state index contributed by atoms with van der Waals surface area (Å²) in [4.78, 5) is 0. The fourth-order valence-electron chi connectivity index (χ4n) is 3.43. The average Bonchev–Trinajstić information content (AvgIpc) is 3.15. The maximum atomic E-state index is 3.74. The number of hydrogen-bond acceptors (Lipinski definition) is 0. The van der Waals surface area contributed by atoms with Crippen LogP contribution in [0.2, 0.25) is 39.3 Å². The summed E-state index contributed by atoms with van der Waals surface area (Å²) in [6.45, 7) is 14.5. The van der Waals surface area contributed by atoms with Gasteiger partial charge in [-0.3, -0.25) is 6.08 Å². The maximum absolute atomic E-state index is 3.74. The first-order valence-corrected chi connectivity index (χ1v) is 19.3. The van der Waals surface area contributed by atoms with E-state index in [9.17, 15) is 0 Å². The third kappa shape index (κ3) is 6.55. The molecule has 3 heteroatoms. The van der Waals surface area contributed by atoms with E-state index in [1.807, 2.05) is 12.2 Å². The minimum absolute atomic E-state index is 1.01. The summed E-state index contributed by atoms with van der Waals surface area (Å²) in [7, 11) is -2.49. The molecular formula is C27H34Si2Zr. The molecule has 0 bridgehead atoms. The van der Waals surface area contributed by atoms with Crippen molar-refractivity contribution in [1.29, 1.82) is 0 Å². The summed E-state index contributed by atoms with van der Waals surface area (Å²) in [5.74, 6) is 0. The Morgan fingerprint density at radius 2 is 1.53 bits per heavy atom. The van der Waals surface area contributed by atoms with Gasteiger partial charge in [0.15, 0.2) is 0 Å². The second-order valence-electron chi connectivity index (χ2n) is 10.4. The molecule has 0 aliphatic heterocycles. The predicted octanol–water partition coefficient (Wildman–Crippen LogP) is 5.95. The van der Waals surface area contributed by atoms with E-state index in [0.29, 0.717) is 0 Å². The Hall–Kier alpha value is -0.893. The van der Waals surface area contributed by atoms with E-state index in [4.69, 9.17) is 0 Å². The Morgan fingerprint density at radius 1 is 0.867 bits per heavy atom. The number of allylic oxidation sites excluding steroid dienone is 4. The van der Waals surface area contributed by atoms with Crippen LogP contribution in [0.1, 0.15) is 30.4 Å². The fourth-order valence-corrected chi connectivity index (χ4v) is 6.04. The minimum atomic E-state index is -1.27. The van der Waals surface area contributed by atoms with Crippen LogP contribution in [0.3, 0.4) is 0 Å². The molecule has 3 aliphatic rings. The van der Waals surface area contributed by atoms with Crippen LogP contribution in [0, 0.1) is 12.1 Å². The first kappa shape index (κ1) is 23.8. The van der Waals surface area contributed by atoms with E-state index in [2.05, 4.69) is 87.8 Å². The molecule has 0 aromatic heterocycles. The van der Waals surface area contributed by atoms with Gasteiger partial charge >= 0.3 is 40.3 Å². The molecule has 0 nitrogen and oxygen atoms in total. The summed E-state index contributed by atoms with van der Waals surface area (Å²) in [5, 5.41) is 3.03. The van der Waals surface area contributed by atoms with Crippen molar-refractivity contribution in [2.75, 3.05) is 0 Å². The van der Waals surface area contributed by atoms with E-state index in [1.54, 1.807) is 32.6 Å². The number of rotatable bonds is 2.